The second kappa shape index (κ2) is 7.38. The van der Waals surface area contributed by atoms with Gasteiger partial charge < -0.3 is 14.9 Å². The standard InChI is InChI=1S/C13H17BrO4/c1-2-18-11-8-9(4-3-7-14)5-6-10(11)12(15)13(16)17/h5-6,8,12,15H,2-4,7H2,1H3,(H,16,17). The van der Waals surface area contributed by atoms with Crippen LogP contribution in [0, 0.1) is 0 Å². The topological polar surface area (TPSA) is 66.8 Å². The Balaban J connectivity index is 2.99. The number of carboxylic acid groups (broad SMARTS) is 1. The molecule has 0 aromatic heterocycles. The Labute approximate surface area is 115 Å². The minimum atomic E-state index is -1.54. The smallest absolute Gasteiger partial charge is 0.337 e. The molecule has 1 rings (SSSR count). The van der Waals surface area contributed by atoms with Crippen LogP contribution in [0.2, 0.25) is 0 Å². The van der Waals surface area contributed by atoms with E-state index in [1.807, 2.05) is 13.0 Å². The van der Waals surface area contributed by atoms with E-state index in [1.54, 1.807) is 12.1 Å². The predicted octanol–water partition coefficient (Wildman–Crippen LogP) is 2.53. The molecular weight excluding hydrogens is 300 g/mol. The molecule has 100 valence electrons. The van der Waals surface area contributed by atoms with Crippen LogP contribution >= 0.6 is 15.9 Å². The zero-order valence-corrected chi connectivity index (χ0v) is 11.8. The lowest BCUT2D eigenvalue weighted by atomic mass is 10.0. The summed E-state index contributed by atoms with van der Waals surface area (Å²) in [7, 11) is 0. The van der Waals surface area contributed by atoms with Crippen molar-refractivity contribution in [3.05, 3.63) is 29.3 Å². The first kappa shape index (κ1) is 15.0. The van der Waals surface area contributed by atoms with Gasteiger partial charge in [0.2, 0.25) is 0 Å². The molecule has 1 aromatic rings. The van der Waals surface area contributed by atoms with Crippen LogP contribution in [-0.2, 0) is 11.2 Å². The van der Waals surface area contributed by atoms with Gasteiger partial charge in [-0.15, -0.1) is 0 Å². The summed E-state index contributed by atoms with van der Waals surface area (Å²) < 4.78 is 5.39. The zero-order chi connectivity index (χ0) is 13.5. The molecular formula is C13H17BrO4. The van der Waals surface area contributed by atoms with E-state index in [4.69, 9.17) is 9.84 Å². The Bertz CT molecular complexity index is 406. The average molecular weight is 317 g/mol. The average Bonchev–Trinajstić information content (AvgIpc) is 2.36. The van der Waals surface area contributed by atoms with Crippen LogP contribution in [0.25, 0.3) is 0 Å². The van der Waals surface area contributed by atoms with E-state index >= 15 is 0 Å². The fourth-order valence-electron chi connectivity index (χ4n) is 1.64. The van der Waals surface area contributed by atoms with Crippen molar-refractivity contribution in [3.8, 4) is 5.75 Å². The van der Waals surface area contributed by atoms with E-state index < -0.39 is 12.1 Å². The van der Waals surface area contributed by atoms with Crippen LogP contribution < -0.4 is 4.74 Å². The molecule has 0 aliphatic rings. The van der Waals surface area contributed by atoms with Crippen molar-refractivity contribution >= 4 is 21.9 Å². The van der Waals surface area contributed by atoms with E-state index in [0.717, 1.165) is 23.7 Å². The van der Waals surface area contributed by atoms with Gasteiger partial charge in [0.15, 0.2) is 6.10 Å². The Morgan fingerprint density at radius 3 is 2.78 bits per heavy atom. The summed E-state index contributed by atoms with van der Waals surface area (Å²) in [6, 6.07) is 5.24. The van der Waals surface area contributed by atoms with E-state index in [9.17, 15) is 9.90 Å². The number of carbonyl (C=O) groups is 1. The first-order valence-corrected chi connectivity index (χ1v) is 6.94. The van der Waals surface area contributed by atoms with Crippen molar-refractivity contribution in [3.63, 3.8) is 0 Å². The van der Waals surface area contributed by atoms with Gasteiger partial charge in [-0.05, 0) is 31.4 Å². The minimum absolute atomic E-state index is 0.298. The molecule has 0 aliphatic carbocycles. The van der Waals surface area contributed by atoms with Crippen molar-refractivity contribution in [1.82, 2.24) is 0 Å². The molecule has 1 atom stereocenters. The quantitative estimate of drug-likeness (QED) is 0.759. The lowest BCUT2D eigenvalue weighted by molar-refractivity contribution is -0.147. The number of aliphatic hydroxyl groups is 1. The van der Waals surface area contributed by atoms with Crippen molar-refractivity contribution in [2.24, 2.45) is 0 Å². The first-order chi connectivity index (χ1) is 8.60. The minimum Gasteiger partial charge on any atom is -0.493 e. The van der Waals surface area contributed by atoms with Gasteiger partial charge in [-0.1, -0.05) is 28.1 Å². The normalized spacial score (nSPS) is 12.2. The van der Waals surface area contributed by atoms with Gasteiger partial charge in [-0.2, -0.15) is 0 Å². The van der Waals surface area contributed by atoms with Crippen LogP contribution in [-0.4, -0.2) is 28.1 Å². The van der Waals surface area contributed by atoms with Gasteiger partial charge in [0.25, 0.3) is 0 Å². The molecule has 5 heteroatoms. The van der Waals surface area contributed by atoms with E-state index in [1.165, 1.54) is 0 Å². The molecule has 18 heavy (non-hydrogen) atoms. The Kier molecular flexibility index (Phi) is 6.15. The molecule has 0 saturated carbocycles. The molecule has 0 fully saturated rings. The van der Waals surface area contributed by atoms with Crippen molar-refractivity contribution in [1.29, 1.82) is 0 Å². The van der Waals surface area contributed by atoms with E-state index in [0.29, 0.717) is 17.9 Å². The van der Waals surface area contributed by atoms with Crippen LogP contribution in [0.5, 0.6) is 5.75 Å². The molecule has 0 bridgehead atoms. The molecule has 0 aliphatic heterocycles. The summed E-state index contributed by atoms with van der Waals surface area (Å²) in [5.41, 5.74) is 1.37. The highest BCUT2D eigenvalue weighted by molar-refractivity contribution is 9.09. The molecule has 0 heterocycles. The lowest BCUT2D eigenvalue weighted by Gasteiger charge is -2.14. The highest BCUT2D eigenvalue weighted by Crippen LogP contribution is 2.27. The van der Waals surface area contributed by atoms with Gasteiger partial charge in [0, 0.05) is 10.9 Å². The zero-order valence-electron chi connectivity index (χ0n) is 10.2. The molecule has 1 unspecified atom stereocenters. The fraction of sp³-hybridized carbons (Fsp3) is 0.462. The van der Waals surface area contributed by atoms with Crippen molar-refractivity contribution in [2.75, 3.05) is 11.9 Å². The maximum atomic E-state index is 10.8. The number of halogens is 1. The highest BCUT2D eigenvalue weighted by atomic mass is 79.9. The summed E-state index contributed by atoms with van der Waals surface area (Å²) >= 11 is 3.36. The van der Waals surface area contributed by atoms with E-state index in [-0.39, 0.29) is 0 Å². The maximum Gasteiger partial charge on any atom is 0.337 e. The van der Waals surface area contributed by atoms with Crippen molar-refractivity contribution in [2.45, 2.75) is 25.9 Å². The number of aliphatic hydroxyl groups excluding tert-OH is 1. The number of aliphatic carboxylic acids is 1. The Morgan fingerprint density at radius 2 is 2.22 bits per heavy atom. The number of alkyl halides is 1. The number of benzene rings is 1. The van der Waals surface area contributed by atoms with Gasteiger partial charge in [0.1, 0.15) is 5.75 Å². The highest BCUT2D eigenvalue weighted by Gasteiger charge is 2.20. The van der Waals surface area contributed by atoms with Gasteiger partial charge >= 0.3 is 5.97 Å². The number of aryl methyl sites for hydroxylation is 1. The number of hydrogen-bond donors (Lipinski definition) is 2. The SMILES string of the molecule is CCOc1cc(CCCBr)ccc1C(O)C(=O)O. The Hall–Kier alpha value is -1.07. The first-order valence-electron chi connectivity index (χ1n) is 5.82. The summed E-state index contributed by atoms with van der Waals surface area (Å²) in [6.45, 7) is 2.25. The summed E-state index contributed by atoms with van der Waals surface area (Å²) in [5, 5.41) is 19.3. The van der Waals surface area contributed by atoms with Gasteiger partial charge in [0.05, 0.1) is 6.61 Å². The molecule has 2 N–H and O–H groups in total. The summed E-state index contributed by atoms with van der Waals surface area (Å²) in [5.74, 6) is -0.830. The van der Waals surface area contributed by atoms with Gasteiger partial charge in [-0.25, -0.2) is 4.79 Å². The van der Waals surface area contributed by atoms with E-state index in [2.05, 4.69) is 15.9 Å². The number of rotatable bonds is 7. The molecule has 4 nitrogen and oxygen atoms in total. The molecule has 0 saturated heterocycles. The van der Waals surface area contributed by atoms with Crippen LogP contribution in [0.1, 0.15) is 30.6 Å². The van der Waals surface area contributed by atoms with Crippen LogP contribution in [0.4, 0.5) is 0 Å². The number of hydrogen-bond acceptors (Lipinski definition) is 3. The number of carboxylic acids is 1. The lowest BCUT2D eigenvalue weighted by Crippen LogP contribution is -2.12. The maximum absolute atomic E-state index is 10.8. The van der Waals surface area contributed by atoms with Crippen molar-refractivity contribution < 1.29 is 19.7 Å². The predicted molar refractivity (Wildman–Crippen MR) is 72.3 cm³/mol. The second-order valence-electron chi connectivity index (χ2n) is 3.84. The van der Waals surface area contributed by atoms with Gasteiger partial charge in [-0.3, -0.25) is 0 Å². The summed E-state index contributed by atoms with van der Waals surface area (Å²) in [6.07, 6.45) is 0.332. The fourth-order valence-corrected chi connectivity index (χ4v) is 1.93. The third kappa shape index (κ3) is 3.99. The monoisotopic (exact) mass is 316 g/mol. The third-order valence-corrected chi connectivity index (χ3v) is 3.07. The summed E-state index contributed by atoms with van der Waals surface area (Å²) in [4.78, 5) is 10.8. The molecule has 0 radical (unpaired) electrons. The van der Waals surface area contributed by atoms with Crippen LogP contribution in [0.3, 0.4) is 0 Å². The van der Waals surface area contributed by atoms with Crippen LogP contribution in [0.15, 0.2) is 18.2 Å². The Morgan fingerprint density at radius 1 is 1.50 bits per heavy atom. The third-order valence-electron chi connectivity index (χ3n) is 2.51. The second-order valence-corrected chi connectivity index (χ2v) is 4.63. The number of ether oxygens (including phenoxy) is 1. The molecule has 0 spiro atoms. The molecule has 0 amide bonds. The molecule has 1 aromatic carbocycles. The largest absolute Gasteiger partial charge is 0.493 e.